The zero-order valence-electron chi connectivity index (χ0n) is 15.8. The van der Waals surface area contributed by atoms with E-state index in [0.29, 0.717) is 35.3 Å². The molecule has 1 aromatic carbocycles. The fourth-order valence-corrected chi connectivity index (χ4v) is 3.21. The quantitative estimate of drug-likeness (QED) is 0.829. The highest BCUT2D eigenvalue weighted by molar-refractivity contribution is 5.95. The van der Waals surface area contributed by atoms with Gasteiger partial charge in [0.2, 0.25) is 11.7 Å². The molecule has 1 unspecified atom stereocenters. The molecular weight excluding hydrogens is 348 g/mol. The Labute approximate surface area is 158 Å². The van der Waals surface area contributed by atoms with Crippen LogP contribution >= 0.6 is 0 Å². The Morgan fingerprint density at radius 3 is 2.37 bits per heavy atom. The number of aromatic nitrogens is 2. The molecule has 1 aromatic heterocycles. The van der Waals surface area contributed by atoms with Crippen molar-refractivity contribution in [3.8, 4) is 17.2 Å². The molecule has 0 radical (unpaired) electrons. The predicted octanol–water partition coefficient (Wildman–Crippen LogP) is 1.90. The molecule has 1 N–H and O–H groups in total. The van der Waals surface area contributed by atoms with Crippen LogP contribution < -0.4 is 24.4 Å². The molecule has 8 heteroatoms. The highest BCUT2D eigenvalue weighted by atomic mass is 16.5. The Morgan fingerprint density at radius 1 is 1.11 bits per heavy atom. The number of ether oxygens (including phenoxy) is 3. The fraction of sp³-hybridized carbons (Fsp3) is 0.421. The van der Waals surface area contributed by atoms with Crippen molar-refractivity contribution in [2.24, 2.45) is 0 Å². The van der Waals surface area contributed by atoms with Crippen LogP contribution in [0.3, 0.4) is 0 Å². The third kappa shape index (κ3) is 4.21. The summed E-state index contributed by atoms with van der Waals surface area (Å²) < 4.78 is 16.0. The number of hydrogen-bond acceptors (Lipinski definition) is 7. The molecule has 27 heavy (non-hydrogen) atoms. The van der Waals surface area contributed by atoms with Crippen LogP contribution in [0.5, 0.6) is 17.2 Å². The SMILES string of the molecule is COc1cc(C(=O)NC2CCCN(c3ncccn3)C2)cc(OC)c1OC. The predicted molar refractivity (Wildman–Crippen MR) is 101 cm³/mol. The van der Waals surface area contributed by atoms with Crippen LogP contribution in [0.15, 0.2) is 30.6 Å². The second-order valence-corrected chi connectivity index (χ2v) is 6.22. The van der Waals surface area contributed by atoms with E-state index in [0.717, 1.165) is 19.4 Å². The number of piperidine rings is 1. The van der Waals surface area contributed by atoms with Crippen molar-refractivity contribution in [1.29, 1.82) is 0 Å². The first kappa shape index (κ1) is 18.8. The van der Waals surface area contributed by atoms with Crippen LogP contribution in [0.1, 0.15) is 23.2 Å². The van der Waals surface area contributed by atoms with Gasteiger partial charge in [0.25, 0.3) is 5.91 Å². The van der Waals surface area contributed by atoms with Crippen LogP contribution in [0.25, 0.3) is 0 Å². The molecule has 0 bridgehead atoms. The van der Waals surface area contributed by atoms with Gasteiger partial charge in [0.15, 0.2) is 11.5 Å². The number of anilines is 1. The van der Waals surface area contributed by atoms with Gasteiger partial charge in [-0.05, 0) is 31.0 Å². The van der Waals surface area contributed by atoms with E-state index >= 15 is 0 Å². The maximum absolute atomic E-state index is 12.8. The van der Waals surface area contributed by atoms with E-state index in [1.165, 1.54) is 21.3 Å². The number of rotatable bonds is 6. The zero-order valence-corrected chi connectivity index (χ0v) is 15.8. The Hall–Kier alpha value is -3.03. The van der Waals surface area contributed by atoms with E-state index in [1.54, 1.807) is 30.6 Å². The molecule has 3 rings (SSSR count). The van der Waals surface area contributed by atoms with Gasteiger partial charge in [-0.1, -0.05) is 0 Å². The summed E-state index contributed by atoms with van der Waals surface area (Å²) in [5.74, 6) is 1.86. The molecule has 1 aliphatic heterocycles. The largest absolute Gasteiger partial charge is 0.493 e. The first-order valence-corrected chi connectivity index (χ1v) is 8.79. The Morgan fingerprint density at radius 2 is 1.78 bits per heavy atom. The van der Waals surface area contributed by atoms with Gasteiger partial charge < -0.3 is 24.4 Å². The molecule has 1 saturated heterocycles. The van der Waals surface area contributed by atoms with Crippen LogP contribution in [0.4, 0.5) is 5.95 Å². The molecule has 0 saturated carbocycles. The first-order chi connectivity index (χ1) is 13.2. The molecule has 2 aromatic rings. The van der Waals surface area contributed by atoms with Crippen molar-refractivity contribution >= 4 is 11.9 Å². The minimum absolute atomic E-state index is 0.00847. The maximum Gasteiger partial charge on any atom is 0.251 e. The Kier molecular flexibility index (Phi) is 5.95. The maximum atomic E-state index is 12.8. The van der Waals surface area contributed by atoms with Crippen LogP contribution in [-0.2, 0) is 0 Å². The fourth-order valence-electron chi connectivity index (χ4n) is 3.21. The van der Waals surface area contributed by atoms with Crippen molar-refractivity contribution in [2.45, 2.75) is 18.9 Å². The van der Waals surface area contributed by atoms with E-state index < -0.39 is 0 Å². The van der Waals surface area contributed by atoms with Crippen LogP contribution in [0, 0.1) is 0 Å². The van der Waals surface area contributed by atoms with Crippen molar-refractivity contribution in [1.82, 2.24) is 15.3 Å². The van der Waals surface area contributed by atoms with E-state index in [-0.39, 0.29) is 11.9 Å². The molecule has 1 aliphatic rings. The van der Waals surface area contributed by atoms with Gasteiger partial charge in [0.05, 0.1) is 21.3 Å². The van der Waals surface area contributed by atoms with E-state index in [2.05, 4.69) is 20.2 Å². The van der Waals surface area contributed by atoms with E-state index in [9.17, 15) is 4.79 Å². The molecule has 0 aliphatic carbocycles. The number of amides is 1. The van der Waals surface area contributed by atoms with E-state index in [1.807, 2.05) is 0 Å². The number of nitrogens with one attached hydrogen (secondary N) is 1. The molecule has 1 fully saturated rings. The average molecular weight is 372 g/mol. The smallest absolute Gasteiger partial charge is 0.251 e. The summed E-state index contributed by atoms with van der Waals surface area (Å²) in [4.78, 5) is 23.5. The summed E-state index contributed by atoms with van der Waals surface area (Å²) in [6, 6.07) is 5.10. The summed E-state index contributed by atoms with van der Waals surface area (Å²) in [5, 5.41) is 3.09. The summed E-state index contributed by atoms with van der Waals surface area (Å²) >= 11 is 0. The molecule has 1 atom stereocenters. The normalized spacial score (nSPS) is 16.6. The third-order valence-corrected chi connectivity index (χ3v) is 4.52. The van der Waals surface area contributed by atoms with Gasteiger partial charge in [-0.2, -0.15) is 0 Å². The summed E-state index contributed by atoms with van der Waals surface area (Å²) in [6.45, 7) is 1.54. The second-order valence-electron chi connectivity index (χ2n) is 6.22. The molecule has 0 spiro atoms. The summed E-state index contributed by atoms with van der Waals surface area (Å²) in [5.41, 5.74) is 0.456. The van der Waals surface area contributed by atoms with Gasteiger partial charge in [-0.15, -0.1) is 0 Å². The highest BCUT2D eigenvalue weighted by Gasteiger charge is 2.24. The molecule has 8 nitrogen and oxygen atoms in total. The first-order valence-electron chi connectivity index (χ1n) is 8.79. The van der Waals surface area contributed by atoms with Crippen LogP contribution in [0.2, 0.25) is 0 Å². The number of benzene rings is 1. The van der Waals surface area contributed by atoms with Gasteiger partial charge in [0.1, 0.15) is 0 Å². The number of methoxy groups -OCH3 is 3. The minimum Gasteiger partial charge on any atom is -0.493 e. The number of nitrogens with zero attached hydrogens (tertiary/aromatic N) is 3. The van der Waals surface area contributed by atoms with Crippen LogP contribution in [-0.4, -0.2) is 56.3 Å². The minimum atomic E-state index is -0.185. The third-order valence-electron chi connectivity index (χ3n) is 4.52. The standard InChI is InChI=1S/C19H24N4O4/c1-25-15-10-13(11-16(26-2)17(15)27-3)18(24)22-14-6-4-9-23(12-14)19-20-7-5-8-21-19/h5,7-8,10-11,14H,4,6,9,12H2,1-3H3,(H,22,24). The topological polar surface area (TPSA) is 85.8 Å². The zero-order chi connectivity index (χ0) is 19.2. The highest BCUT2D eigenvalue weighted by Crippen LogP contribution is 2.38. The van der Waals surface area contributed by atoms with Crippen molar-refractivity contribution in [3.63, 3.8) is 0 Å². The summed E-state index contributed by atoms with van der Waals surface area (Å²) in [7, 11) is 4.58. The summed E-state index contributed by atoms with van der Waals surface area (Å²) in [6.07, 6.45) is 5.30. The molecular formula is C19H24N4O4. The number of carbonyl (C=O) groups excluding carboxylic acids is 1. The molecule has 2 heterocycles. The van der Waals surface area contributed by atoms with Gasteiger partial charge in [-0.25, -0.2) is 9.97 Å². The lowest BCUT2D eigenvalue weighted by molar-refractivity contribution is 0.0932. The van der Waals surface area contributed by atoms with Gasteiger partial charge in [-0.3, -0.25) is 4.79 Å². The van der Waals surface area contributed by atoms with E-state index in [4.69, 9.17) is 14.2 Å². The second kappa shape index (κ2) is 8.57. The van der Waals surface area contributed by atoms with Crippen molar-refractivity contribution in [2.75, 3.05) is 39.3 Å². The van der Waals surface area contributed by atoms with Crippen molar-refractivity contribution < 1.29 is 19.0 Å². The van der Waals surface area contributed by atoms with Gasteiger partial charge in [0, 0.05) is 37.1 Å². The van der Waals surface area contributed by atoms with Gasteiger partial charge >= 0.3 is 0 Å². The number of hydrogen-bond donors (Lipinski definition) is 1. The monoisotopic (exact) mass is 372 g/mol. The average Bonchev–Trinajstić information content (AvgIpc) is 2.73. The lowest BCUT2D eigenvalue weighted by Gasteiger charge is -2.33. The lowest BCUT2D eigenvalue weighted by atomic mass is 10.0. The molecule has 144 valence electrons. The number of carbonyl (C=O) groups is 1. The Bertz CT molecular complexity index is 760. The van der Waals surface area contributed by atoms with Crippen molar-refractivity contribution in [3.05, 3.63) is 36.2 Å². The molecule has 1 amide bonds. The lowest BCUT2D eigenvalue weighted by Crippen LogP contribution is -2.48. The Balaban J connectivity index is 1.73.